The van der Waals surface area contributed by atoms with Crippen molar-refractivity contribution in [2.75, 3.05) is 42.3 Å². The molecule has 0 aliphatic rings. The Morgan fingerprint density at radius 3 is 0.500 bits per heavy atom. The van der Waals surface area contributed by atoms with Crippen molar-refractivity contribution in [2.45, 2.75) is 14.9 Å². The minimum Gasteiger partial charge on any atom is -0.312 e. The van der Waals surface area contributed by atoms with Crippen molar-refractivity contribution < 1.29 is 0 Å². The Bertz CT molecular complexity index is 22.7. The Morgan fingerprint density at radius 1 is 0.500 bits per heavy atom. The van der Waals surface area contributed by atoms with E-state index in [2.05, 4.69) is 0 Å². The SMILES string of the molecule is C.C.CN(C)C.CN(C)C. The molecule has 0 spiro atoms. The van der Waals surface area contributed by atoms with Gasteiger partial charge in [-0.2, -0.15) is 0 Å². The maximum absolute atomic E-state index is 2.00. The molecule has 2 nitrogen and oxygen atoms in total. The predicted molar refractivity (Wildman–Crippen MR) is 52.7 cm³/mol. The number of hydrogen-bond acceptors (Lipinski definition) is 2. The first kappa shape index (κ1) is 22.5. The van der Waals surface area contributed by atoms with Crippen LogP contribution in [0.1, 0.15) is 14.9 Å². The number of rotatable bonds is 0. The molecule has 2 heteroatoms. The zero-order valence-corrected chi connectivity index (χ0v) is 6.89. The lowest BCUT2D eigenvalue weighted by Gasteiger charge is -1.90. The quantitative estimate of drug-likeness (QED) is 0.518. The molecule has 0 saturated heterocycles. The van der Waals surface area contributed by atoms with Crippen molar-refractivity contribution in [3.05, 3.63) is 0 Å². The monoisotopic (exact) mass is 150 g/mol. The van der Waals surface area contributed by atoms with E-state index in [4.69, 9.17) is 0 Å². The first-order chi connectivity index (χ1) is 3.46. The minimum atomic E-state index is 0. The van der Waals surface area contributed by atoms with Crippen LogP contribution in [-0.2, 0) is 0 Å². The molecule has 0 saturated carbocycles. The Labute approximate surface area is 67.8 Å². The van der Waals surface area contributed by atoms with Crippen molar-refractivity contribution in [2.24, 2.45) is 0 Å². The van der Waals surface area contributed by atoms with Crippen LogP contribution in [0.3, 0.4) is 0 Å². The maximum Gasteiger partial charge on any atom is -0.0140 e. The van der Waals surface area contributed by atoms with Crippen molar-refractivity contribution >= 4 is 0 Å². The Morgan fingerprint density at radius 2 is 0.500 bits per heavy atom. The summed E-state index contributed by atoms with van der Waals surface area (Å²) in [6.45, 7) is 0. The fourth-order valence-corrected chi connectivity index (χ4v) is 0. The summed E-state index contributed by atoms with van der Waals surface area (Å²) < 4.78 is 0. The highest BCUT2D eigenvalue weighted by atomic mass is 15.0. The number of nitrogens with zero attached hydrogens (tertiary/aromatic N) is 2. The smallest absolute Gasteiger partial charge is 0.0140 e. The van der Waals surface area contributed by atoms with Crippen LogP contribution in [0.2, 0.25) is 0 Å². The largest absolute Gasteiger partial charge is 0.312 e. The molecule has 0 fully saturated rings. The van der Waals surface area contributed by atoms with E-state index in [1.54, 1.807) is 0 Å². The second kappa shape index (κ2) is 16.0. The molecule has 10 heavy (non-hydrogen) atoms. The Kier molecular flexibility index (Phi) is 36.0. The van der Waals surface area contributed by atoms with E-state index in [1.165, 1.54) is 0 Å². The molecule has 0 N–H and O–H groups in total. The molecule has 0 aromatic heterocycles. The third-order valence-electron chi connectivity index (χ3n) is 0. The lowest BCUT2D eigenvalue weighted by atomic mass is 11.0. The molecule has 68 valence electrons. The molecule has 0 aliphatic carbocycles. The van der Waals surface area contributed by atoms with Crippen LogP contribution in [0.25, 0.3) is 0 Å². The van der Waals surface area contributed by atoms with E-state index in [0.29, 0.717) is 0 Å². The molecule has 0 aliphatic heterocycles. The van der Waals surface area contributed by atoms with Crippen molar-refractivity contribution in [1.82, 2.24) is 9.80 Å². The van der Waals surface area contributed by atoms with Gasteiger partial charge in [-0.3, -0.25) is 0 Å². The van der Waals surface area contributed by atoms with Gasteiger partial charge in [0.1, 0.15) is 0 Å². The highest BCUT2D eigenvalue weighted by Crippen LogP contribution is 1.48. The summed E-state index contributed by atoms with van der Waals surface area (Å²) in [6.07, 6.45) is 0. The number of hydrogen-bond donors (Lipinski definition) is 0. The van der Waals surface area contributed by atoms with Crippen molar-refractivity contribution in [1.29, 1.82) is 0 Å². The van der Waals surface area contributed by atoms with Gasteiger partial charge in [-0.15, -0.1) is 0 Å². The normalized spacial score (nSPS) is 7.20. The van der Waals surface area contributed by atoms with E-state index in [-0.39, 0.29) is 14.9 Å². The van der Waals surface area contributed by atoms with Crippen LogP contribution in [0.15, 0.2) is 0 Å². The van der Waals surface area contributed by atoms with Crippen LogP contribution >= 0.6 is 0 Å². The van der Waals surface area contributed by atoms with Crippen molar-refractivity contribution in [3.8, 4) is 0 Å². The van der Waals surface area contributed by atoms with E-state index in [1.807, 2.05) is 52.1 Å². The third-order valence-corrected chi connectivity index (χ3v) is 0. The van der Waals surface area contributed by atoms with Crippen molar-refractivity contribution in [3.63, 3.8) is 0 Å². The van der Waals surface area contributed by atoms with Gasteiger partial charge in [-0.25, -0.2) is 0 Å². The topological polar surface area (TPSA) is 6.48 Å². The third kappa shape index (κ3) is 59300. The molecule has 0 rings (SSSR count). The zero-order valence-electron chi connectivity index (χ0n) is 6.89. The van der Waals surface area contributed by atoms with Crippen LogP contribution in [0.4, 0.5) is 0 Å². The van der Waals surface area contributed by atoms with Crippen LogP contribution < -0.4 is 0 Å². The first-order valence-corrected chi connectivity index (χ1v) is 2.68. The molecule has 0 atom stereocenters. The van der Waals surface area contributed by atoms with Gasteiger partial charge in [-0.05, 0) is 42.3 Å². The second-order valence-electron chi connectivity index (χ2n) is 2.68. The fraction of sp³-hybridized carbons (Fsp3) is 1.00. The zero-order chi connectivity index (χ0) is 7.15. The van der Waals surface area contributed by atoms with Gasteiger partial charge in [-0.1, -0.05) is 14.9 Å². The molecular formula is C8H26N2. The van der Waals surface area contributed by atoms with Gasteiger partial charge >= 0.3 is 0 Å². The molecule has 0 amide bonds. The summed E-state index contributed by atoms with van der Waals surface area (Å²) in [5, 5.41) is 0. The standard InChI is InChI=1S/2C3H9N.2CH4/c2*1-4(2)3;;/h2*1-3H3;2*1H4. The fourth-order valence-electron chi connectivity index (χ4n) is 0. The molecule has 0 radical (unpaired) electrons. The molecular weight excluding hydrogens is 124 g/mol. The van der Waals surface area contributed by atoms with E-state index >= 15 is 0 Å². The van der Waals surface area contributed by atoms with E-state index in [0.717, 1.165) is 0 Å². The average molecular weight is 150 g/mol. The summed E-state index contributed by atoms with van der Waals surface area (Å²) in [6, 6.07) is 0. The summed E-state index contributed by atoms with van der Waals surface area (Å²) in [5.74, 6) is 0. The van der Waals surface area contributed by atoms with Gasteiger partial charge in [0, 0.05) is 0 Å². The summed E-state index contributed by atoms with van der Waals surface area (Å²) in [4.78, 5) is 4.00. The van der Waals surface area contributed by atoms with Crippen LogP contribution in [0, 0.1) is 0 Å². The average Bonchev–Trinajstić information content (AvgIpc) is 1.25. The Hall–Kier alpha value is -0.0800. The van der Waals surface area contributed by atoms with Gasteiger partial charge in [0.15, 0.2) is 0 Å². The first-order valence-electron chi connectivity index (χ1n) is 2.68. The van der Waals surface area contributed by atoms with Gasteiger partial charge in [0.2, 0.25) is 0 Å². The van der Waals surface area contributed by atoms with E-state index < -0.39 is 0 Å². The summed E-state index contributed by atoms with van der Waals surface area (Å²) in [7, 11) is 12.0. The summed E-state index contributed by atoms with van der Waals surface area (Å²) >= 11 is 0. The van der Waals surface area contributed by atoms with Gasteiger partial charge < -0.3 is 9.80 Å². The highest BCUT2D eigenvalue weighted by Gasteiger charge is 1.58. The molecule has 0 heterocycles. The molecule has 0 aromatic rings. The lowest BCUT2D eigenvalue weighted by molar-refractivity contribution is 0.505. The highest BCUT2D eigenvalue weighted by molar-refractivity contribution is 4.09. The lowest BCUT2D eigenvalue weighted by Crippen LogP contribution is -1.99. The second-order valence-corrected chi connectivity index (χ2v) is 2.68. The minimum absolute atomic E-state index is 0. The molecule has 0 bridgehead atoms. The molecule has 0 unspecified atom stereocenters. The van der Waals surface area contributed by atoms with Crippen LogP contribution in [0.5, 0.6) is 0 Å². The van der Waals surface area contributed by atoms with Gasteiger partial charge in [0.05, 0.1) is 0 Å². The summed E-state index contributed by atoms with van der Waals surface area (Å²) in [5.41, 5.74) is 0. The van der Waals surface area contributed by atoms with E-state index in [9.17, 15) is 0 Å². The predicted octanol–water partition coefficient (Wildman–Crippen LogP) is 1.63. The van der Waals surface area contributed by atoms with Crippen LogP contribution in [-0.4, -0.2) is 52.1 Å². The van der Waals surface area contributed by atoms with Gasteiger partial charge in [0.25, 0.3) is 0 Å². The Balaban J connectivity index is -0.0000000300. The maximum atomic E-state index is 2.00. The molecule has 0 aromatic carbocycles.